The lowest BCUT2D eigenvalue weighted by atomic mass is 10.1. The Bertz CT molecular complexity index is 637. The highest BCUT2D eigenvalue weighted by atomic mass is 16.6. The van der Waals surface area contributed by atoms with Gasteiger partial charge in [0, 0.05) is 7.11 Å². The molecular weight excluding hydrogens is 304 g/mol. The summed E-state index contributed by atoms with van der Waals surface area (Å²) in [7, 11) is 2.36. The molecule has 0 spiro atoms. The molecule has 23 heavy (non-hydrogen) atoms. The van der Waals surface area contributed by atoms with Crippen LogP contribution in [0.15, 0.2) is 24.3 Å². The lowest BCUT2D eigenvalue weighted by Crippen LogP contribution is -2.52. The molecule has 1 aromatic carbocycles. The summed E-state index contributed by atoms with van der Waals surface area (Å²) in [5.41, 5.74) is 0.488. The molecule has 1 N–H and O–H groups in total. The molecule has 1 aliphatic rings. The zero-order valence-corrected chi connectivity index (χ0v) is 12.9. The smallest absolute Gasteiger partial charge is 0.356 e. The molecule has 2 rings (SSSR count). The standard InChI is InChI=1S/C15H16N2O6/c1-8(11(18)16-12(22-2)15(21)23-3)17-13(19)9-6-4-5-7-10(9)14(17)20/h4-8,12H,1-3H3,(H,16,18). The number of hydrogen-bond donors (Lipinski definition) is 1. The summed E-state index contributed by atoms with van der Waals surface area (Å²) in [5.74, 6) is -2.62. The van der Waals surface area contributed by atoms with Gasteiger partial charge in [0.1, 0.15) is 6.04 Å². The number of imide groups is 1. The van der Waals surface area contributed by atoms with Crippen molar-refractivity contribution in [3.8, 4) is 0 Å². The molecule has 0 bridgehead atoms. The van der Waals surface area contributed by atoms with Crippen molar-refractivity contribution in [2.45, 2.75) is 19.2 Å². The van der Waals surface area contributed by atoms with Gasteiger partial charge in [-0.1, -0.05) is 12.1 Å². The van der Waals surface area contributed by atoms with E-state index in [2.05, 4.69) is 10.1 Å². The Labute approximate surface area is 132 Å². The maximum atomic E-state index is 12.3. The van der Waals surface area contributed by atoms with Gasteiger partial charge in [-0.15, -0.1) is 0 Å². The van der Waals surface area contributed by atoms with Gasteiger partial charge in [0.05, 0.1) is 18.2 Å². The van der Waals surface area contributed by atoms with Crippen LogP contribution >= 0.6 is 0 Å². The number of benzene rings is 1. The largest absolute Gasteiger partial charge is 0.466 e. The van der Waals surface area contributed by atoms with E-state index in [1.165, 1.54) is 26.2 Å². The molecule has 0 saturated carbocycles. The number of carbonyl (C=O) groups excluding carboxylic acids is 4. The number of nitrogens with zero attached hydrogens (tertiary/aromatic N) is 1. The molecule has 2 unspecified atom stereocenters. The third-order valence-corrected chi connectivity index (χ3v) is 3.52. The van der Waals surface area contributed by atoms with Crippen molar-refractivity contribution in [3.63, 3.8) is 0 Å². The summed E-state index contributed by atoms with van der Waals surface area (Å²) in [5, 5.41) is 2.28. The van der Waals surface area contributed by atoms with Gasteiger partial charge >= 0.3 is 5.97 Å². The van der Waals surface area contributed by atoms with Crippen molar-refractivity contribution in [1.82, 2.24) is 10.2 Å². The molecule has 0 saturated heterocycles. The van der Waals surface area contributed by atoms with Crippen molar-refractivity contribution in [2.24, 2.45) is 0 Å². The van der Waals surface area contributed by atoms with Crippen LogP contribution in [0.5, 0.6) is 0 Å². The Morgan fingerprint density at radius 3 is 2.04 bits per heavy atom. The van der Waals surface area contributed by atoms with Crippen molar-refractivity contribution >= 4 is 23.7 Å². The lowest BCUT2D eigenvalue weighted by molar-refractivity contribution is -0.157. The van der Waals surface area contributed by atoms with Crippen LogP contribution in [-0.4, -0.2) is 55.1 Å². The molecule has 1 heterocycles. The molecule has 2 atom stereocenters. The third-order valence-electron chi connectivity index (χ3n) is 3.52. The minimum absolute atomic E-state index is 0.244. The van der Waals surface area contributed by atoms with E-state index in [9.17, 15) is 19.2 Å². The first-order chi connectivity index (χ1) is 10.9. The van der Waals surface area contributed by atoms with Crippen LogP contribution in [0.3, 0.4) is 0 Å². The second kappa shape index (κ2) is 6.57. The van der Waals surface area contributed by atoms with Crippen LogP contribution in [0.1, 0.15) is 27.6 Å². The third kappa shape index (κ3) is 2.93. The minimum atomic E-state index is -1.31. The Balaban J connectivity index is 2.17. The van der Waals surface area contributed by atoms with E-state index in [-0.39, 0.29) is 11.1 Å². The first kappa shape index (κ1) is 16.6. The number of amides is 3. The molecule has 0 radical (unpaired) electrons. The summed E-state index contributed by atoms with van der Waals surface area (Å²) in [6, 6.07) is 5.20. The Morgan fingerprint density at radius 2 is 1.61 bits per heavy atom. The number of hydrogen-bond acceptors (Lipinski definition) is 6. The van der Waals surface area contributed by atoms with E-state index >= 15 is 0 Å². The molecule has 0 aliphatic carbocycles. The van der Waals surface area contributed by atoms with Gasteiger partial charge in [-0.2, -0.15) is 0 Å². The SMILES string of the molecule is COC(=O)C(NC(=O)C(C)N1C(=O)c2ccccc2C1=O)OC. The second-order valence-corrected chi connectivity index (χ2v) is 4.85. The number of carbonyl (C=O) groups is 4. The number of ether oxygens (including phenoxy) is 2. The molecule has 8 heteroatoms. The average molecular weight is 320 g/mol. The van der Waals surface area contributed by atoms with Crippen LogP contribution in [0.2, 0.25) is 0 Å². The summed E-state index contributed by atoms with van der Waals surface area (Å²) in [6.07, 6.45) is -1.31. The Morgan fingerprint density at radius 1 is 1.09 bits per heavy atom. The molecular formula is C15H16N2O6. The number of fused-ring (bicyclic) bond motifs is 1. The van der Waals surface area contributed by atoms with Gasteiger partial charge in [0.15, 0.2) is 0 Å². The molecule has 0 fully saturated rings. The molecule has 3 amide bonds. The van der Waals surface area contributed by atoms with Crippen LogP contribution < -0.4 is 5.32 Å². The van der Waals surface area contributed by atoms with E-state index in [4.69, 9.17) is 4.74 Å². The molecule has 0 aromatic heterocycles. The number of esters is 1. The van der Waals surface area contributed by atoms with Crippen molar-refractivity contribution in [2.75, 3.05) is 14.2 Å². The second-order valence-electron chi connectivity index (χ2n) is 4.85. The zero-order valence-electron chi connectivity index (χ0n) is 12.9. The van der Waals surface area contributed by atoms with Gasteiger partial charge in [-0.25, -0.2) is 4.79 Å². The van der Waals surface area contributed by atoms with Crippen molar-refractivity contribution in [1.29, 1.82) is 0 Å². The average Bonchev–Trinajstić information content (AvgIpc) is 2.82. The van der Waals surface area contributed by atoms with Gasteiger partial charge < -0.3 is 14.8 Å². The molecule has 1 aliphatic heterocycles. The van der Waals surface area contributed by atoms with E-state index in [0.717, 1.165) is 12.0 Å². The summed E-state index contributed by atoms with van der Waals surface area (Å²) in [4.78, 5) is 49.1. The van der Waals surface area contributed by atoms with E-state index < -0.39 is 36.0 Å². The summed E-state index contributed by atoms with van der Waals surface area (Å²) >= 11 is 0. The fourth-order valence-electron chi connectivity index (χ4n) is 2.25. The molecule has 122 valence electrons. The number of rotatable bonds is 5. The van der Waals surface area contributed by atoms with E-state index in [1.54, 1.807) is 12.1 Å². The van der Waals surface area contributed by atoms with Gasteiger partial charge in [-0.3, -0.25) is 19.3 Å². The van der Waals surface area contributed by atoms with E-state index in [0.29, 0.717) is 0 Å². The van der Waals surface area contributed by atoms with Gasteiger partial charge in [0.2, 0.25) is 12.1 Å². The van der Waals surface area contributed by atoms with Crippen LogP contribution in [0.4, 0.5) is 0 Å². The quantitative estimate of drug-likeness (QED) is 0.463. The highest BCUT2D eigenvalue weighted by Crippen LogP contribution is 2.24. The number of nitrogens with one attached hydrogen (secondary N) is 1. The predicted octanol–water partition coefficient (Wildman–Crippen LogP) is -0.0672. The maximum absolute atomic E-state index is 12.3. The Kier molecular flexibility index (Phi) is 4.75. The molecule has 1 aromatic rings. The minimum Gasteiger partial charge on any atom is -0.466 e. The highest BCUT2D eigenvalue weighted by molar-refractivity contribution is 6.22. The van der Waals surface area contributed by atoms with Crippen LogP contribution in [0.25, 0.3) is 0 Å². The van der Waals surface area contributed by atoms with Crippen molar-refractivity contribution in [3.05, 3.63) is 35.4 Å². The first-order valence-corrected chi connectivity index (χ1v) is 6.80. The lowest BCUT2D eigenvalue weighted by Gasteiger charge is -2.23. The van der Waals surface area contributed by atoms with Crippen LogP contribution in [-0.2, 0) is 19.1 Å². The first-order valence-electron chi connectivity index (χ1n) is 6.80. The van der Waals surface area contributed by atoms with Gasteiger partial charge in [0.25, 0.3) is 11.8 Å². The van der Waals surface area contributed by atoms with Crippen LogP contribution in [0, 0.1) is 0 Å². The topological polar surface area (TPSA) is 102 Å². The summed E-state index contributed by atoms with van der Waals surface area (Å²) in [6.45, 7) is 1.39. The highest BCUT2D eigenvalue weighted by Gasteiger charge is 2.41. The fraction of sp³-hybridized carbons (Fsp3) is 0.333. The molecule has 8 nitrogen and oxygen atoms in total. The Hall–Kier alpha value is -2.74. The van der Waals surface area contributed by atoms with Crippen molar-refractivity contribution < 1.29 is 28.7 Å². The van der Waals surface area contributed by atoms with E-state index in [1.807, 2.05) is 0 Å². The fourth-order valence-corrected chi connectivity index (χ4v) is 2.25. The number of methoxy groups -OCH3 is 2. The monoisotopic (exact) mass is 320 g/mol. The maximum Gasteiger partial charge on any atom is 0.356 e. The summed E-state index contributed by atoms with van der Waals surface area (Å²) < 4.78 is 9.28. The zero-order chi connectivity index (χ0) is 17.1. The van der Waals surface area contributed by atoms with Gasteiger partial charge in [-0.05, 0) is 19.1 Å². The predicted molar refractivity (Wildman–Crippen MR) is 77.4 cm³/mol. The normalized spacial score (nSPS) is 15.9.